The van der Waals surface area contributed by atoms with Crippen LogP contribution in [-0.4, -0.2) is 30.0 Å². The van der Waals surface area contributed by atoms with Crippen molar-refractivity contribution in [2.45, 2.75) is 19.4 Å². The lowest BCUT2D eigenvalue weighted by Crippen LogP contribution is -2.30. The maximum atomic E-state index is 13.6. The number of carbonyl (C=O) groups is 2. The van der Waals surface area contributed by atoms with E-state index < -0.39 is 28.7 Å². The molecular weight excluding hydrogens is 359 g/mol. The molecule has 1 amide bonds. The molecule has 0 aromatic heterocycles. The van der Waals surface area contributed by atoms with Crippen molar-refractivity contribution in [1.29, 1.82) is 0 Å². The zero-order valence-electron chi connectivity index (χ0n) is 14.6. The Kier molecular flexibility index (Phi) is 6.42. The van der Waals surface area contributed by atoms with Gasteiger partial charge in [-0.05, 0) is 24.6 Å². The zero-order valence-corrected chi connectivity index (χ0v) is 14.6. The van der Waals surface area contributed by atoms with E-state index in [0.29, 0.717) is 0 Å². The molecule has 8 nitrogen and oxygen atoms in total. The number of amides is 1. The first kappa shape index (κ1) is 19.8. The number of nitrogens with zero attached hydrogens (tertiary/aromatic N) is 1. The molecule has 0 spiro atoms. The van der Waals surface area contributed by atoms with Crippen LogP contribution < -0.4 is 10.1 Å². The lowest BCUT2D eigenvalue weighted by molar-refractivity contribution is -0.384. The van der Waals surface area contributed by atoms with E-state index in [2.05, 4.69) is 5.32 Å². The van der Waals surface area contributed by atoms with Crippen molar-refractivity contribution < 1.29 is 28.4 Å². The third-order valence-corrected chi connectivity index (χ3v) is 3.62. The van der Waals surface area contributed by atoms with Gasteiger partial charge in [-0.3, -0.25) is 19.7 Å². The molecule has 0 aliphatic rings. The van der Waals surface area contributed by atoms with Gasteiger partial charge in [-0.1, -0.05) is 18.2 Å². The number of rotatable bonds is 7. The standard InChI is InChI=1S/C18H17FN2O6/c1-11(27-17(22)9-12-5-3-4-6-14(12)19)18(23)20-15-8-7-13(21(24)25)10-16(15)26-2/h3-8,10-11H,9H2,1-2H3,(H,20,23)/t11-/m1/s1. The lowest BCUT2D eigenvalue weighted by atomic mass is 10.1. The fourth-order valence-corrected chi connectivity index (χ4v) is 2.22. The summed E-state index contributed by atoms with van der Waals surface area (Å²) in [5.74, 6) is -1.88. The smallest absolute Gasteiger partial charge is 0.311 e. The number of nitro groups is 1. The van der Waals surface area contributed by atoms with Crippen LogP contribution in [0.1, 0.15) is 12.5 Å². The fourth-order valence-electron chi connectivity index (χ4n) is 2.22. The van der Waals surface area contributed by atoms with Gasteiger partial charge in [0.1, 0.15) is 11.6 Å². The molecule has 142 valence electrons. The third-order valence-electron chi connectivity index (χ3n) is 3.62. The van der Waals surface area contributed by atoms with Crippen molar-refractivity contribution in [2.75, 3.05) is 12.4 Å². The second-order valence-electron chi connectivity index (χ2n) is 5.53. The Morgan fingerprint density at radius 1 is 1.26 bits per heavy atom. The minimum Gasteiger partial charge on any atom is -0.494 e. The lowest BCUT2D eigenvalue weighted by Gasteiger charge is -2.15. The Morgan fingerprint density at radius 2 is 1.96 bits per heavy atom. The number of carbonyl (C=O) groups excluding carboxylic acids is 2. The highest BCUT2D eigenvalue weighted by Crippen LogP contribution is 2.29. The molecular formula is C18H17FN2O6. The summed E-state index contributed by atoms with van der Waals surface area (Å²) >= 11 is 0. The number of methoxy groups -OCH3 is 1. The first-order valence-corrected chi connectivity index (χ1v) is 7.88. The number of esters is 1. The van der Waals surface area contributed by atoms with Crippen LogP contribution in [0.2, 0.25) is 0 Å². The first-order chi connectivity index (χ1) is 12.8. The number of hydrogen-bond donors (Lipinski definition) is 1. The summed E-state index contributed by atoms with van der Waals surface area (Å²) in [5, 5.41) is 13.3. The molecule has 1 N–H and O–H groups in total. The van der Waals surface area contributed by atoms with Gasteiger partial charge in [-0.15, -0.1) is 0 Å². The number of halogens is 1. The van der Waals surface area contributed by atoms with Crippen LogP contribution in [0, 0.1) is 15.9 Å². The Labute approximate surface area is 154 Å². The van der Waals surface area contributed by atoms with E-state index in [4.69, 9.17) is 9.47 Å². The van der Waals surface area contributed by atoms with Crippen LogP contribution in [0.15, 0.2) is 42.5 Å². The van der Waals surface area contributed by atoms with Gasteiger partial charge in [0, 0.05) is 6.07 Å². The van der Waals surface area contributed by atoms with Crippen molar-refractivity contribution in [2.24, 2.45) is 0 Å². The zero-order chi connectivity index (χ0) is 20.0. The van der Waals surface area contributed by atoms with Crippen molar-refractivity contribution in [1.82, 2.24) is 0 Å². The molecule has 27 heavy (non-hydrogen) atoms. The average molecular weight is 376 g/mol. The van der Waals surface area contributed by atoms with Crippen LogP contribution in [0.3, 0.4) is 0 Å². The molecule has 0 heterocycles. The van der Waals surface area contributed by atoms with Crippen LogP contribution in [0.4, 0.5) is 15.8 Å². The van der Waals surface area contributed by atoms with Gasteiger partial charge in [0.05, 0.1) is 30.2 Å². The van der Waals surface area contributed by atoms with Crippen LogP contribution >= 0.6 is 0 Å². The quantitative estimate of drug-likeness (QED) is 0.452. The van der Waals surface area contributed by atoms with Gasteiger partial charge in [0.2, 0.25) is 0 Å². The van der Waals surface area contributed by atoms with Gasteiger partial charge in [0.25, 0.3) is 11.6 Å². The summed E-state index contributed by atoms with van der Waals surface area (Å²) < 4.78 is 23.6. The van der Waals surface area contributed by atoms with Crippen molar-refractivity contribution in [3.8, 4) is 5.75 Å². The Morgan fingerprint density at radius 3 is 2.59 bits per heavy atom. The summed E-state index contributed by atoms with van der Waals surface area (Å²) in [5.41, 5.74) is 0.145. The van der Waals surface area contributed by atoms with Crippen molar-refractivity contribution in [3.63, 3.8) is 0 Å². The molecule has 2 aromatic carbocycles. The van der Waals surface area contributed by atoms with Gasteiger partial charge < -0.3 is 14.8 Å². The molecule has 2 aromatic rings. The molecule has 9 heteroatoms. The van der Waals surface area contributed by atoms with Crippen LogP contribution in [0.5, 0.6) is 5.75 Å². The minimum absolute atomic E-state index is 0.0856. The van der Waals surface area contributed by atoms with Crippen molar-refractivity contribution in [3.05, 3.63) is 64.0 Å². The average Bonchev–Trinajstić information content (AvgIpc) is 2.63. The number of non-ortho nitro benzene ring substituents is 1. The normalized spacial score (nSPS) is 11.4. The summed E-state index contributed by atoms with van der Waals surface area (Å²) in [7, 11) is 1.30. The molecule has 0 unspecified atom stereocenters. The number of hydrogen-bond acceptors (Lipinski definition) is 6. The maximum absolute atomic E-state index is 13.6. The van der Waals surface area contributed by atoms with E-state index in [1.165, 1.54) is 44.4 Å². The predicted octanol–water partition coefficient (Wildman–Crippen LogP) is 2.86. The molecule has 0 radical (unpaired) electrons. The van der Waals surface area contributed by atoms with E-state index in [9.17, 15) is 24.1 Å². The highest BCUT2D eigenvalue weighted by molar-refractivity contribution is 5.96. The number of ether oxygens (including phenoxy) is 2. The summed E-state index contributed by atoms with van der Waals surface area (Å²) in [4.78, 5) is 34.3. The number of nitrogens with one attached hydrogen (secondary N) is 1. The molecule has 0 fully saturated rings. The van der Waals surface area contributed by atoms with Crippen LogP contribution in [-0.2, 0) is 20.7 Å². The Bertz CT molecular complexity index is 871. The molecule has 0 bridgehead atoms. The molecule has 0 saturated heterocycles. The SMILES string of the molecule is COc1cc([N+](=O)[O-])ccc1NC(=O)[C@@H](C)OC(=O)Cc1ccccc1F. The molecule has 0 aliphatic heterocycles. The second-order valence-corrected chi connectivity index (χ2v) is 5.53. The summed E-state index contributed by atoms with van der Waals surface area (Å²) in [6.07, 6.45) is -1.48. The molecule has 1 atom stereocenters. The highest BCUT2D eigenvalue weighted by Gasteiger charge is 2.21. The monoisotopic (exact) mass is 376 g/mol. The Hall–Kier alpha value is -3.49. The van der Waals surface area contributed by atoms with E-state index in [0.717, 1.165) is 6.07 Å². The predicted molar refractivity (Wildman–Crippen MR) is 93.9 cm³/mol. The second kappa shape index (κ2) is 8.75. The first-order valence-electron chi connectivity index (χ1n) is 7.88. The molecule has 0 saturated carbocycles. The topological polar surface area (TPSA) is 108 Å². The minimum atomic E-state index is -1.16. The fraction of sp³-hybridized carbons (Fsp3) is 0.222. The maximum Gasteiger partial charge on any atom is 0.311 e. The molecule has 0 aliphatic carbocycles. The van der Waals surface area contributed by atoms with Gasteiger partial charge in [-0.25, -0.2) is 4.39 Å². The third kappa shape index (κ3) is 5.24. The van der Waals surface area contributed by atoms with Gasteiger partial charge in [0.15, 0.2) is 6.10 Å². The molecule has 2 rings (SSSR count). The van der Waals surface area contributed by atoms with E-state index in [1.54, 1.807) is 6.07 Å². The largest absolute Gasteiger partial charge is 0.494 e. The van der Waals surface area contributed by atoms with E-state index in [-0.39, 0.29) is 29.1 Å². The van der Waals surface area contributed by atoms with Gasteiger partial charge in [-0.2, -0.15) is 0 Å². The van der Waals surface area contributed by atoms with E-state index >= 15 is 0 Å². The number of benzene rings is 2. The van der Waals surface area contributed by atoms with E-state index in [1.807, 2.05) is 0 Å². The summed E-state index contributed by atoms with van der Waals surface area (Å²) in [6.45, 7) is 1.35. The summed E-state index contributed by atoms with van der Waals surface area (Å²) in [6, 6.07) is 9.42. The number of anilines is 1. The van der Waals surface area contributed by atoms with Crippen LogP contribution in [0.25, 0.3) is 0 Å². The van der Waals surface area contributed by atoms with Crippen molar-refractivity contribution >= 4 is 23.3 Å². The Balaban J connectivity index is 2.00. The number of nitro benzene ring substituents is 1. The van der Waals surface area contributed by atoms with Gasteiger partial charge >= 0.3 is 5.97 Å². The highest BCUT2D eigenvalue weighted by atomic mass is 19.1.